The number of aryl methyl sites for hydroxylation is 1. The molecule has 5 heteroatoms. The molecule has 1 rings (SSSR count). The number of carbonyl (C=O) groups excluding carboxylic acids is 2. The Morgan fingerprint density at radius 2 is 2.17 bits per heavy atom. The summed E-state index contributed by atoms with van der Waals surface area (Å²) in [5.41, 5.74) is 0. The van der Waals surface area contributed by atoms with Crippen molar-refractivity contribution in [3.05, 3.63) is 28.0 Å². The first-order chi connectivity index (χ1) is 8.52. The molecule has 0 radical (unpaired) electrons. The summed E-state index contributed by atoms with van der Waals surface area (Å²) in [6, 6.07) is 3.98. The third-order valence-electron chi connectivity index (χ3n) is 2.41. The predicted molar refractivity (Wildman–Crippen MR) is 72.4 cm³/mol. The van der Waals surface area contributed by atoms with Crippen LogP contribution >= 0.6 is 11.3 Å². The van der Waals surface area contributed by atoms with E-state index >= 15 is 0 Å². The molecule has 1 amide bonds. The van der Waals surface area contributed by atoms with Crippen molar-refractivity contribution in [2.24, 2.45) is 0 Å². The lowest BCUT2D eigenvalue weighted by atomic mass is 10.3. The molecule has 4 nitrogen and oxygen atoms in total. The van der Waals surface area contributed by atoms with Gasteiger partial charge in [0.05, 0.1) is 13.5 Å². The molecule has 0 fully saturated rings. The van der Waals surface area contributed by atoms with Gasteiger partial charge in [0.1, 0.15) is 0 Å². The Kier molecular flexibility index (Phi) is 5.58. The average Bonchev–Trinajstić information content (AvgIpc) is 2.78. The largest absolute Gasteiger partial charge is 0.469 e. The fraction of sp³-hybridized carbons (Fsp3) is 0.385. The van der Waals surface area contributed by atoms with Crippen molar-refractivity contribution in [2.75, 3.05) is 20.7 Å². The maximum atomic E-state index is 11.7. The lowest BCUT2D eigenvalue weighted by Crippen LogP contribution is -2.27. The number of thiophene rings is 1. The van der Waals surface area contributed by atoms with Crippen molar-refractivity contribution in [2.45, 2.75) is 13.3 Å². The molecule has 18 heavy (non-hydrogen) atoms. The van der Waals surface area contributed by atoms with Crippen LogP contribution in [0, 0.1) is 6.92 Å². The number of hydrogen-bond donors (Lipinski definition) is 0. The molecule has 0 aliphatic carbocycles. The Bertz CT molecular complexity index is 451. The molecule has 0 saturated carbocycles. The van der Waals surface area contributed by atoms with E-state index in [0.29, 0.717) is 6.54 Å². The second-order valence-corrected chi connectivity index (χ2v) is 5.19. The van der Waals surface area contributed by atoms with E-state index < -0.39 is 0 Å². The summed E-state index contributed by atoms with van der Waals surface area (Å²) in [6.45, 7) is 2.38. The fourth-order valence-electron chi connectivity index (χ4n) is 1.29. The highest BCUT2D eigenvalue weighted by atomic mass is 32.1. The third-order valence-corrected chi connectivity index (χ3v) is 3.37. The predicted octanol–water partition coefficient (Wildman–Crippen LogP) is 2.09. The van der Waals surface area contributed by atoms with Crippen LogP contribution in [0.5, 0.6) is 0 Å². The summed E-state index contributed by atoms with van der Waals surface area (Å²) in [5.74, 6) is -0.433. The van der Waals surface area contributed by atoms with Gasteiger partial charge in [0.25, 0.3) is 0 Å². The van der Waals surface area contributed by atoms with Gasteiger partial charge in [0.2, 0.25) is 5.91 Å². The maximum absolute atomic E-state index is 11.7. The Hall–Kier alpha value is -1.62. The second kappa shape index (κ2) is 6.96. The third kappa shape index (κ3) is 4.71. The van der Waals surface area contributed by atoms with Gasteiger partial charge >= 0.3 is 5.97 Å². The van der Waals surface area contributed by atoms with Crippen LogP contribution in [0.1, 0.15) is 16.2 Å². The lowest BCUT2D eigenvalue weighted by molar-refractivity contribution is -0.141. The van der Waals surface area contributed by atoms with Crippen LogP contribution < -0.4 is 0 Å². The topological polar surface area (TPSA) is 46.6 Å². The highest BCUT2D eigenvalue weighted by molar-refractivity contribution is 7.12. The van der Waals surface area contributed by atoms with Crippen LogP contribution in [0.4, 0.5) is 0 Å². The van der Waals surface area contributed by atoms with Gasteiger partial charge in [-0.3, -0.25) is 9.59 Å². The molecule has 0 saturated heterocycles. The highest BCUT2D eigenvalue weighted by Gasteiger charge is 2.07. The molecular weight excluding hydrogens is 250 g/mol. The van der Waals surface area contributed by atoms with Gasteiger partial charge in [0.15, 0.2) is 0 Å². The number of likely N-dealkylation sites (N-methyl/N-ethyl adjacent to an activating group) is 1. The van der Waals surface area contributed by atoms with E-state index in [4.69, 9.17) is 0 Å². The normalized spacial score (nSPS) is 10.6. The van der Waals surface area contributed by atoms with Crippen LogP contribution in [0.25, 0.3) is 6.08 Å². The van der Waals surface area contributed by atoms with E-state index in [2.05, 4.69) is 4.74 Å². The van der Waals surface area contributed by atoms with Gasteiger partial charge in [0, 0.05) is 29.4 Å². The number of rotatable bonds is 5. The molecular formula is C13H17NO3S. The molecule has 0 unspecified atom stereocenters. The van der Waals surface area contributed by atoms with Gasteiger partial charge in [-0.2, -0.15) is 0 Å². The number of esters is 1. The first kappa shape index (κ1) is 14.4. The summed E-state index contributed by atoms with van der Waals surface area (Å²) in [5, 5.41) is 0. The number of methoxy groups -OCH3 is 1. The van der Waals surface area contributed by atoms with Gasteiger partial charge in [-0.25, -0.2) is 0 Å². The standard InChI is InChI=1S/C13H17NO3S/c1-10-4-5-11(18-10)6-7-12(15)14(2)9-8-13(16)17-3/h4-7H,8-9H2,1-3H3/b7-6+. The zero-order chi connectivity index (χ0) is 13.5. The van der Waals surface area contributed by atoms with E-state index in [1.807, 2.05) is 19.1 Å². The van der Waals surface area contributed by atoms with Crippen molar-refractivity contribution in [3.63, 3.8) is 0 Å². The zero-order valence-electron chi connectivity index (χ0n) is 10.8. The van der Waals surface area contributed by atoms with Crippen molar-refractivity contribution >= 4 is 29.3 Å². The number of carbonyl (C=O) groups is 2. The van der Waals surface area contributed by atoms with E-state index in [1.165, 1.54) is 23.0 Å². The Labute approximate surface area is 111 Å². The Morgan fingerprint density at radius 1 is 1.44 bits per heavy atom. The summed E-state index contributed by atoms with van der Waals surface area (Å²) in [6.07, 6.45) is 3.52. The molecule has 0 aliphatic rings. The molecule has 0 bridgehead atoms. The van der Waals surface area contributed by atoms with Gasteiger partial charge in [-0.05, 0) is 25.1 Å². The minimum Gasteiger partial charge on any atom is -0.469 e. The molecule has 1 aromatic heterocycles. The first-order valence-electron chi connectivity index (χ1n) is 5.59. The lowest BCUT2D eigenvalue weighted by Gasteiger charge is -2.13. The smallest absolute Gasteiger partial charge is 0.307 e. The minimum absolute atomic E-state index is 0.120. The molecule has 0 spiro atoms. The van der Waals surface area contributed by atoms with Gasteiger partial charge in [-0.15, -0.1) is 11.3 Å². The van der Waals surface area contributed by atoms with E-state index in [-0.39, 0.29) is 18.3 Å². The number of nitrogens with zero attached hydrogens (tertiary/aromatic N) is 1. The van der Waals surface area contributed by atoms with Crippen molar-refractivity contribution < 1.29 is 14.3 Å². The van der Waals surface area contributed by atoms with E-state index in [9.17, 15) is 9.59 Å². The molecule has 0 atom stereocenters. The molecule has 0 aromatic carbocycles. The van der Waals surface area contributed by atoms with Crippen molar-refractivity contribution in [3.8, 4) is 0 Å². The Morgan fingerprint density at radius 3 is 2.72 bits per heavy atom. The average molecular weight is 267 g/mol. The first-order valence-corrected chi connectivity index (χ1v) is 6.41. The zero-order valence-corrected chi connectivity index (χ0v) is 11.6. The molecule has 1 aromatic rings. The minimum atomic E-state index is -0.312. The number of amides is 1. The summed E-state index contributed by atoms with van der Waals surface area (Å²) >= 11 is 1.63. The summed E-state index contributed by atoms with van der Waals surface area (Å²) in [7, 11) is 3.00. The van der Waals surface area contributed by atoms with Crippen LogP contribution in [-0.4, -0.2) is 37.5 Å². The number of ether oxygens (including phenoxy) is 1. The number of hydrogen-bond acceptors (Lipinski definition) is 4. The van der Waals surface area contributed by atoms with Crippen LogP contribution in [0.15, 0.2) is 18.2 Å². The van der Waals surface area contributed by atoms with E-state index in [0.717, 1.165) is 4.88 Å². The summed E-state index contributed by atoms with van der Waals surface area (Å²) in [4.78, 5) is 26.4. The molecule has 0 N–H and O–H groups in total. The van der Waals surface area contributed by atoms with Crippen molar-refractivity contribution in [1.29, 1.82) is 0 Å². The monoisotopic (exact) mass is 267 g/mol. The SMILES string of the molecule is COC(=O)CCN(C)C(=O)/C=C/c1ccc(C)s1. The van der Waals surface area contributed by atoms with Crippen LogP contribution in [0.3, 0.4) is 0 Å². The van der Waals surface area contributed by atoms with Crippen molar-refractivity contribution in [1.82, 2.24) is 4.90 Å². The second-order valence-electron chi connectivity index (χ2n) is 3.87. The molecule has 98 valence electrons. The quantitative estimate of drug-likeness (QED) is 0.606. The summed E-state index contributed by atoms with van der Waals surface area (Å²) < 4.78 is 4.52. The van der Waals surface area contributed by atoms with Gasteiger partial charge in [-0.1, -0.05) is 0 Å². The van der Waals surface area contributed by atoms with Crippen LogP contribution in [0.2, 0.25) is 0 Å². The highest BCUT2D eigenvalue weighted by Crippen LogP contribution is 2.16. The molecule has 0 aliphatic heterocycles. The maximum Gasteiger partial charge on any atom is 0.307 e. The fourth-order valence-corrected chi connectivity index (χ4v) is 2.07. The van der Waals surface area contributed by atoms with Gasteiger partial charge < -0.3 is 9.64 Å². The molecule has 1 heterocycles. The Balaban J connectivity index is 2.44. The van der Waals surface area contributed by atoms with Crippen LogP contribution in [-0.2, 0) is 14.3 Å². The van der Waals surface area contributed by atoms with E-state index in [1.54, 1.807) is 24.5 Å².